The fourth-order valence-electron chi connectivity index (χ4n) is 1.75. The van der Waals surface area contributed by atoms with Gasteiger partial charge in [0.25, 0.3) is 0 Å². The summed E-state index contributed by atoms with van der Waals surface area (Å²) in [4.78, 5) is 11.2. The first kappa shape index (κ1) is 13.8. The van der Waals surface area contributed by atoms with Crippen LogP contribution in [-0.4, -0.2) is 19.2 Å². The van der Waals surface area contributed by atoms with Gasteiger partial charge in [-0.25, -0.2) is 4.79 Å². The fraction of sp³-hybridized carbons (Fsp3) is 0.643. The number of hydrogen-bond acceptors (Lipinski definition) is 2. The number of unbranched alkanes of at least 4 members (excludes halogenated alkanes) is 1. The van der Waals surface area contributed by atoms with E-state index in [2.05, 4.69) is 30.5 Å². The van der Waals surface area contributed by atoms with Crippen LogP contribution < -0.4 is 5.32 Å². The van der Waals surface area contributed by atoms with Gasteiger partial charge in [-0.15, -0.1) is 0 Å². The molecule has 3 nitrogen and oxygen atoms in total. The summed E-state index contributed by atoms with van der Waals surface area (Å²) in [6.07, 6.45) is 13.8. The van der Waals surface area contributed by atoms with E-state index < -0.39 is 0 Å². The molecule has 96 valence electrons. The van der Waals surface area contributed by atoms with Gasteiger partial charge in [0.05, 0.1) is 6.61 Å². The van der Waals surface area contributed by atoms with Crippen molar-refractivity contribution in [1.29, 1.82) is 0 Å². The average Bonchev–Trinajstić information content (AvgIpc) is 2.36. The first-order valence-corrected chi connectivity index (χ1v) is 6.55. The number of alkyl carbamates (subject to hydrolysis) is 1. The first-order valence-electron chi connectivity index (χ1n) is 6.55. The van der Waals surface area contributed by atoms with Crippen LogP contribution in [0, 0.1) is 5.92 Å². The third-order valence-electron chi connectivity index (χ3n) is 2.81. The van der Waals surface area contributed by atoms with Gasteiger partial charge in [-0.05, 0) is 31.6 Å². The molecule has 1 atom stereocenters. The molecular formula is C14H23NO2. The SMILES string of the molecule is CCCCOC(=O)NCC=CC1CC=CCC1. The summed E-state index contributed by atoms with van der Waals surface area (Å²) in [7, 11) is 0. The van der Waals surface area contributed by atoms with Crippen molar-refractivity contribution < 1.29 is 9.53 Å². The molecule has 0 radical (unpaired) electrons. The smallest absolute Gasteiger partial charge is 0.407 e. The Balaban J connectivity index is 2.04. The van der Waals surface area contributed by atoms with Gasteiger partial charge in [-0.1, -0.05) is 37.6 Å². The lowest BCUT2D eigenvalue weighted by molar-refractivity contribution is 0.145. The van der Waals surface area contributed by atoms with Crippen molar-refractivity contribution in [3.8, 4) is 0 Å². The highest BCUT2D eigenvalue weighted by Gasteiger charge is 2.05. The molecule has 0 aromatic rings. The van der Waals surface area contributed by atoms with E-state index in [0.717, 1.165) is 19.3 Å². The Morgan fingerprint density at radius 1 is 1.53 bits per heavy atom. The Kier molecular flexibility index (Phi) is 7.19. The zero-order valence-corrected chi connectivity index (χ0v) is 10.7. The largest absolute Gasteiger partial charge is 0.450 e. The van der Waals surface area contributed by atoms with Gasteiger partial charge in [0, 0.05) is 6.54 Å². The lowest BCUT2D eigenvalue weighted by Gasteiger charge is -2.12. The highest BCUT2D eigenvalue weighted by molar-refractivity contribution is 5.67. The maximum atomic E-state index is 11.2. The van der Waals surface area contributed by atoms with Crippen LogP contribution >= 0.6 is 0 Å². The topological polar surface area (TPSA) is 38.3 Å². The van der Waals surface area contributed by atoms with Crippen LogP contribution in [0.25, 0.3) is 0 Å². The summed E-state index contributed by atoms with van der Waals surface area (Å²) in [6, 6.07) is 0. The predicted molar refractivity (Wildman–Crippen MR) is 69.9 cm³/mol. The molecule has 1 rings (SSSR count). The molecule has 1 aliphatic rings. The first-order chi connectivity index (χ1) is 8.33. The monoisotopic (exact) mass is 237 g/mol. The molecule has 3 heteroatoms. The number of allylic oxidation sites excluding steroid dienone is 3. The van der Waals surface area contributed by atoms with Crippen LogP contribution in [0.4, 0.5) is 4.79 Å². The summed E-state index contributed by atoms with van der Waals surface area (Å²) >= 11 is 0. The molecule has 0 aliphatic heterocycles. The second-order valence-electron chi connectivity index (χ2n) is 4.34. The molecule has 17 heavy (non-hydrogen) atoms. The normalized spacial score (nSPS) is 19.5. The molecule has 0 spiro atoms. The molecule has 0 fully saturated rings. The van der Waals surface area contributed by atoms with Crippen molar-refractivity contribution in [2.24, 2.45) is 5.92 Å². The van der Waals surface area contributed by atoms with Gasteiger partial charge in [-0.2, -0.15) is 0 Å². The fourth-order valence-corrected chi connectivity index (χ4v) is 1.75. The molecule has 0 bridgehead atoms. The molecular weight excluding hydrogens is 214 g/mol. The van der Waals surface area contributed by atoms with Crippen molar-refractivity contribution >= 4 is 6.09 Å². The van der Waals surface area contributed by atoms with Crippen molar-refractivity contribution in [3.63, 3.8) is 0 Å². The molecule has 0 heterocycles. The van der Waals surface area contributed by atoms with E-state index in [1.807, 2.05) is 6.08 Å². The Morgan fingerprint density at radius 2 is 2.41 bits per heavy atom. The lowest BCUT2D eigenvalue weighted by atomic mass is 9.94. The van der Waals surface area contributed by atoms with Gasteiger partial charge in [0.15, 0.2) is 0 Å². The quantitative estimate of drug-likeness (QED) is 0.568. The minimum Gasteiger partial charge on any atom is -0.450 e. The molecule has 1 N–H and O–H groups in total. The summed E-state index contributed by atoms with van der Waals surface area (Å²) in [5.41, 5.74) is 0. The predicted octanol–water partition coefficient (Wildman–Crippen LogP) is 3.43. The Morgan fingerprint density at radius 3 is 3.12 bits per heavy atom. The second kappa shape index (κ2) is 8.85. The number of carbonyl (C=O) groups excluding carboxylic acids is 1. The van der Waals surface area contributed by atoms with Crippen LogP contribution in [0.1, 0.15) is 39.0 Å². The standard InChI is InChI=1S/C14H23NO2/c1-2-3-12-17-14(16)15-11-7-10-13-8-5-4-6-9-13/h4-5,7,10,13H,2-3,6,8-9,11-12H2,1H3,(H,15,16). The number of carbonyl (C=O) groups is 1. The van der Waals surface area contributed by atoms with Crippen molar-refractivity contribution in [2.45, 2.75) is 39.0 Å². The molecule has 1 amide bonds. The van der Waals surface area contributed by atoms with Crippen LogP contribution in [0.5, 0.6) is 0 Å². The molecule has 0 saturated heterocycles. The van der Waals surface area contributed by atoms with Crippen molar-refractivity contribution in [1.82, 2.24) is 5.32 Å². The minimum absolute atomic E-state index is 0.313. The highest BCUT2D eigenvalue weighted by Crippen LogP contribution is 2.18. The van der Waals surface area contributed by atoms with E-state index in [4.69, 9.17) is 4.74 Å². The zero-order chi connectivity index (χ0) is 12.3. The van der Waals surface area contributed by atoms with E-state index in [1.54, 1.807) is 0 Å². The van der Waals surface area contributed by atoms with Gasteiger partial charge >= 0.3 is 6.09 Å². The Hall–Kier alpha value is -1.25. The number of amides is 1. The van der Waals surface area contributed by atoms with E-state index >= 15 is 0 Å². The third kappa shape index (κ3) is 6.82. The molecule has 0 aromatic carbocycles. The highest BCUT2D eigenvalue weighted by atomic mass is 16.5. The maximum absolute atomic E-state index is 11.2. The lowest BCUT2D eigenvalue weighted by Crippen LogP contribution is -2.24. The van der Waals surface area contributed by atoms with Gasteiger partial charge in [0.1, 0.15) is 0 Å². The summed E-state index contributed by atoms with van der Waals surface area (Å²) in [5.74, 6) is 0.637. The van der Waals surface area contributed by atoms with Crippen LogP contribution in [0.15, 0.2) is 24.3 Å². The molecule has 0 saturated carbocycles. The Labute approximate surface area is 104 Å². The van der Waals surface area contributed by atoms with Crippen LogP contribution in [0.2, 0.25) is 0 Å². The minimum atomic E-state index is -0.313. The molecule has 0 aromatic heterocycles. The summed E-state index contributed by atoms with van der Waals surface area (Å²) in [5, 5.41) is 2.72. The summed E-state index contributed by atoms with van der Waals surface area (Å²) in [6.45, 7) is 3.15. The number of hydrogen-bond donors (Lipinski definition) is 1. The van der Waals surface area contributed by atoms with Crippen molar-refractivity contribution in [2.75, 3.05) is 13.2 Å². The van der Waals surface area contributed by atoms with E-state index in [1.165, 1.54) is 12.8 Å². The number of ether oxygens (including phenoxy) is 1. The summed E-state index contributed by atoms with van der Waals surface area (Å²) < 4.78 is 4.98. The third-order valence-corrected chi connectivity index (χ3v) is 2.81. The average molecular weight is 237 g/mol. The van der Waals surface area contributed by atoms with Crippen LogP contribution in [0.3, 0.4) is 0 Å². The number of rotatable bonds is 6. The maximum Gasteiger partial charge on any atom is 0.407 e. The molecule has 1 unspecified atom stereocenters. The molecule has 1 aliphatic carbocycles. The van der Waals surface area contributed by atoms with E-state index in [9.17, 15) is 4.79 Å². The van der Waals surface area contributed by atoms with E-state index in [-0.39, 0.29) is 6.09 Å². The van der Waals surface area contributed by atoms with E-state index in [0.29, 0.717) is 19.1 Å². The Bertz CT molecular complexity index is 271. The van der Waals surface area contributed by atoms with Crippen molar-refractivity contribution in [3.05, 3.63) is 24.3 Å². The number of nitrogens with one attached hydrogen (secondary N) is 1. The van der Waals surface area contributed by atoms with Gasteiger partial charge in [-0.3, -0.25) is 0 Å². The second-order valence-corrected chi connectivity index (χ2v) is 4.34. The van der Waals surface area contributed by atoms with Gasteiger partial charge < -0.3 is 10.1 Å². The van der Waals surface area contributed by atoms with Crippen LogP contribution in [-0.2, 0) is 4.74 Å². The zero-order valence-electron chi connectivity index (χ0n) is 10.7. The van der Waals surface area contributed by atoms with Gasteiger partial charge in [0.2, 0.25) is 0 Å².